The van der Waals surface area contributed by atoms with Gasteiger partial charge in [-0.05, 0) is 25.0 Å². The van der Waals surface area contributed by atoms with Gasteiger partial charge in [0.15, 0.2) is 5.96 Å². The second kappa shape index (κ2) is 6.72. The summed E-state index contributed by atoms with van der Waals surface area (Å²) in [5.74, 6) is 2.29. The van der Waals surface area contributed by atoms with Crippen molar-refractivity contribution in [3.63, 3.8) is 0 Å². The second-order valence-corrected chi connectivity index (χ2v) is 5.46. The van der Waals surface area contributed by atoms with Crippen LogP contribution in [0.2, 0.25) is 0 Å². The van der Waals surface area contributed by atoms with Crippen LogP contribution in [0, 0.1) is 0 Å². The van der Waals surface area contributed by atoms with Gasteiger partial charge in [-0.2, -0.15) is 0 Å². The molecule has 0 radical (unpaired) electrons. The van der Waals surface area contributed by atoms with Crippen molar-refractivity contribution in [3.05, 3.63) is 24.0 Å². The highest BCUT2D eigenvalue weighted by molar-refractivity contribution is 14.0. The molecule has 0 bridgehead atoms. The van der Waals surface area contributed by atoms with Crippen molar-refractivity contribution in [2.24, 2.45) is 17.8 Å². The van der Waals surface area contributed by atoms with Crippen LogP contribution in [0.15, 0.2) is 23.2 Å². The van der Waals surface area contributed by atoms with E-state index in [2.05, 4.69) is 9.98 Å². The van der Waals surface area contributed by atoms with Crippen LogP contribution in [0.4, 0.5) is 0 Å². The minimum Gasteiger partial charge on any atom is -0.497 e. The van der Waals surface area contributed by atoms with Crippen molar-refractivity contribution in [1.29, 1.82) is 0 Å². The summed E-state index contributed by atoms with van der Waals surface area (Å²) < 4.78 is 7.28. The van der Waals surface area contributed by atoms with Gasteiger partial charge in [0.05, 0.1) is 18.1 Å². The molecule has 0 amide bonds. The normalized spacial score (nSPS) is 14.8. The fraction of sp³-hybridized carbons (Fsp3) is 0.467. The first kappa shape index (κ1) is 16.9. The molecule has 1 heterocycles. The highest BCUT2D eigenvalue weighted by Crippen LogP contribution is 2.25. The Morgan fingerprint density at radius 2 is 2.23 bits per heavy atom. The number of nitrogens with zero attached hydrogens (tertiary/aromatic N) is 4. The van der Waals surface area contributed by atoms with Crippen molar-refractivity contribution in [2.45, 2.75) is 25.4 Å². The number of aromatic nitrogens is 2. The Labute approximate surface area is 147 Å². The Hall–Kier alpha value is -1.51. The molecular weight excluding hydrogens is 393 g/mol. The van der Waals surface area contributed by atoms with Crippen LogP contribution in [0.3, 0.4) is 0 Å². The van der Waals surface area contributed by atoms with E-state index in [-0.39, 0.29) is 24.0 Å². The molecule has 0 atom stereocenters. The molecule has 3 rings (SSSR count). The van der Waals surface area contributed by atoms with E-state index in [1.165, 1.54) is 12.8 Å². The Morgan fingerprint density at radius 1 is 1.50 bits per heavy atom. The van der Waals surface area contributed by atoms with Gasteiger partial charge in [0.2, 0.25) is 0 Å². The van der Waals surface area contributed by atoms with Crippen LogP contribution >= 0.6 is 24.0 Å². The van der Waals surface area contributed by atoms with Gasteiger partial charge >= 0.3 is 0 Å². The number of benzene rings is 1. The van der Waals surface area contributed by atoms with Gasteiger partial charge in [0.25, 0.3) is 0 Å². The monoisotopic (exact) mass is 415 g/mol. The van der Waals surface area contributed by atoms with Crippen LogP contribution in [0.5, 0.6) is 5.75 Å². The van der Waals surface area contributed by atoms with Gasteiger partial charge in [-0.25, -0.2) is 9.98 Å². The highest BCUT2D eigenvalue weighted by Gasteiger charge is 2.27. The Balaban J connectivity index is 0.00000176. The number of fused-ring (bicyclic) bond motifs is 1. The predicted molar refractivity (Wildman–Crippen MR) is 98.8 cm³/mol. The van der Waals surface area contributed by atoms with E-state index in [1.54, 1.807) is 7.11 Å². The molecule has 0 unspecified atom stereocenters. The van der Waals surface area contributed by atoms with Crippen LogP contribution < -0.4 is 10.5 Å². The Morgan fingerprint density at radius 3 is 2.86 bits per heavy atom. The molecule has 1 aromatic carbocycles. The molecule has 22 heavy (non-hydrogen) atoms. The maximum atomic E-state index is 6.01. The fourth-order valence-corrected chi connectivity index (χ4v) is 2.41. The van der Waals surface area contributed by atoms with E-state index < -0.39 is 0 Å². The molecule has 7 heteroatoms. The molecule has 1 fully saturated rings. The molecule has 0 saturated heterocycles. The number of ether oxygens (including phenoxy) is 1. The molecule has 1 aromatic heterocycles. The zero-order valence-corrected chi connectivity index (χ0v) is 15.4. The topological polar surface area (TPSA) is 68.7 Å². The number of aliphatic imine (C=N–C) groups is 1. The third-order valence-corrected chi connectivity index (χ3v) is 4.02. The highest BCUT2D eigenvalue weighted by atomic mass is 127. The lowest BCUT2D eigenvalue weighted by molar-refractivity contribution is 0.415. The van der Waals surface area contributed by atoms with Crippen LogP contribution in [0.1, 0.15) is 18.7 Å². The average Bonchev–Trinajstić information content (AvgIpc) is 3.29. The third-order valence-electron chi connectivity index (χ3n) is 4.02. The van der Waals surface area contributed by atoms with Gasteiger partial charge in [-0.1, -0.05) is 0 Å². The number of aryl methyl sites for hydroxylation is 1. The number of imidazole rings is 1. The van der Waals surface area contributed by atoms with E-state index in [4.69, 9.17) is 10.5 Å². The van der Waals surface area contributed by atoms with E-state index in [0.717, 1.165) is 22.6 Å². The van der Waals surface area contributed by atoms with Crippen molar-refractivity contribution in [2.75, 3.05) is 14.2 Å². The summed E-state index contributed by atoms with van der Waals surface area (Å²) in [4.78, 5) is 11.1. The minimum absolute atomic E-state index is 0. The van der Waals surface area contributed by atoms with Gasteiger partial charge in [-0.3, -0.25) is 0 Å². The first-order valence-electron chi connectivity index (χ1n) is 7.12. The van der Waals surface area contributed by atoms with Crippen molar-refractivity contribution >= 4 is 41.0 Å². The summed E-state index contributed by atoms with van der Waals surface area (Å²) >= 11 is 0. The smallest absolute Gasteiger partial charge is 0.191 e. The maximum Gasteiger partial charge on any atom is 0.191 e. The molecule has 2 N–H and O–H groups in total. The number of methoxy groups -OCH3 is 1. The minimum atomic E-state index is 0. The molecule has 1 aliphatic rings. The lowest BCUT2D eigenvalue weighted by Gasteiger charge is -2.16. The third kappa shape index (κ3) is 3.29. The standard InChI is InChI=1S/C15H21N5O.HI/c1-19(10-4-5-10)15(16)17-9-14-18-12-8-11(21-3)6-7-13(12)20(14)2;/h6-8,10H,4-5,9H2,1-3H3,(H2,16,17);1H. The molecule has 1 aliphatic carbocycles. The van der Waals surface area contributed by atoms with Gasteiger partial charge < -0.3 is 19.9 Å². The van der Waals surface area contributed by atoms with E-state index in [0.29, 0.717) is 18.5 Å². The number of rotatable bonds is 4. The summed E-state index contributed by atoms with van der Waals surface area (Å²) in [6.07, 6.45) is 2.41. The number of nitrogens with two attached hydrogens (primary N) is 1. The molecule has 0 aliphatic heterocycles. The van der Waals surface area contributed by atoms with E-state index >= 15 is 0 Å². The van der Waals surface area contributed by atoms with Crippen LogP contribution in [-0.4, -0.2) is 40.6 Å². The zero-order chi connectivity index (χ0) is 15.0. The second-order valence-electron chi connectivity index (χ2n) is 5.46. The molecule has 1 saturated carbocycles. The average molecular weight is 415 g/mol. The molecular formula is C15H22IN5O. The van der Waals surface area contributed by atoms with E-state index in [9.17, 15) is 0 Å². The van der Waals surface area contributed by atoms with Gasteiger partial charge in [0, 0.05) is 26.2 Å². The van der Waals surface area contributed by atoms with Crippen molar-refractivity contribution < 1.29 is 4.74 Å². The summed E-state index contributed by atoms with van der Waals surface area (Å²) in [6, 6.07) is 6.45. The van der Waals surface area contributed by atoms with Crippen LogP contribution in [0.25, 0.3) is 11.0 Å². The molecule has 2 aromatic rings. The number of halogens is 1. The predicted octanol–water partition coefficient (Wildman–Crippen LogP) is 2.11. The number of guanidine groups is 1. The van der Waals surface area contributed by atoms with Crippen LogP contribution in [-0.2, 0) is 13.6 Å². The fourth-order valence-electron chi connectivity index (χ4n) is 2.41. The summed E-state index contributed by atoms with van der Waals surface area (Å²) in [5, 5.41) is 0. The Bertz CT molecular complexity index is 693. The van der Waals surface area contributed by atoms with Gasteiger partial charge in [0.1, 0.15) is 18.1 Å². The zero-order valence-electron chi connectivity index (χ0n) is 13.1. The summed E-state index contributed by atoms with van der Waals surface area (Å²) in [7, 11) is 5.65. The molecule has 120 valence electrons. The first-order valence-corrected chi connectivity index (χ1v) is 7.12. The quantitative estimate of drug-likeness (QED) is 0.472. The van der Waals surface area contributed by atoms with Crippen molar-refractivity contribution in [1.82, 2.24) is 14.5 Å². The van der Waals surface area contributed by atoms with Gasteiger partial charge in [-0.15, -0.1) is 24.0 Å². The lowest BCUT2D eigenvalue weighted by Crippen LogP contribution is -2.35. The van der Waals surface area contributed by atoms with E-state index in [1.807, 2.05) is 41.8 Å². The lowest BCUT2D eigenvalue weighted by atomic mass is 10.3. The SMILES string of the molecule is COc1ccc2c(c1)nc(CN=C(N)N(C)C1CC1)n2C.I. The molecule has 6 nitrogen and oxygen atoms in total. The summed E-state index contributed by atoms with van der Waals surface area (Å²) in [6.45, 7) is 0.483. The first-order chi connectivity index (χ1) is 10.1. The maximum absolute atomic E-state index is 6.01. The largest absolute Gasteiger partial charge is 0.497 e. The summed E-state index contributed by atoms with van der Waals surface area (Å²) in [5.41, 5.74) is 7.99. The van der Waals surface area contributed by atoms with Crippen molar-refractivity contribution in [3.8, 4) is 5.75 Å². The Kier molecular flexibility index (Phi) is 5.15. The number of hydrogen-bond acceptors (Lipinski definition) is 3. The molecule has 0 spiro atoms. The number of hydrogen-bond donors (Lipinski definition) is 1.